The highest BCUT2D eigenvalue weighted by Gasteiger charge is 2.15. The maximum absolute atomic E-state index is 5.85. The molecular weight excluding hydrogens is 200 g/mol. The Labute approximate surface area is 96.2 Å². The molecule has 1 aliphatic heterocycles. The number of rotatable bonds is 3. The number of aromatic nitrogens is 1. The second kappa shape index (κ2) is 4.96. The molecule has 1 aromatic heterocycles. The van der Waals surface area contributed by atoms with E-state index in [0.29, 0.717) is 12.5 Å². The van der Waals surface area contributed by atoms with Crippen LogP contribution in [-0.2, 0) is 13.0 Å². The highest BCUT2D eigenvalue weighted by Crippen LogP contribution is 2.07. The molecule has 0 aromatic carbocycles. The van der Waals surface area contributed by atoms with Crippen molar-refractivity contribution in [3.05, 3.63) is 29.6 Å². The van der Waals surface area contributed by atoms with Crippen LogP contribution in [0, 0.1) is 0 Å². The maximum atomic E-state index is 5.85. The zero-order chi connectivity index (χ0) is 11.4. The van der Waals surface area contributed by atoms with Gasteiger partial charge in [-0.2, -0.15) is 0 Å². The number of pyridine rings is 1. The molecule has 0 atom stereocenters. The number of nitrogens with two attached hydrogens (primary N) is 1. The van der Waals surface area contributed by atoms with Crippen LogP contribution < -0.4 is 5.73 Å². The summed E-state index contributed by atoms with van der Waals surface area (Å²) in [6, 6.07) is 4.12. The molecule has 2 N–H and O–H groups in total. The molecule has 0 bridgehead atoms. The smallest absolute Gasteiger partial charge is 0.191 e. The number of likely N-dealkylation sites (tertiary alicyclic amines) is 1. The molecule has 0 saturated carbocycles. The van der Waals surface area contributed by atoms with E-state index in [1.807, 2.05) is 12.3 Å². The van der Waals surface area contributed by atoms with Gasteiger partial charge in [0.05, 0.1) is 12.2 Å². The van der Waals surface area contributed by atoms with Gasteiger partial charge in [0, 0.05) is 19.3 Å². The first-order chi connectivity index (χ1) is 7.79. The molecule has 4 heteroatoms. The van der Waals surface area contributed by atoms with Crippen molar-refractivity contribution in [2.75, 3.05) is 13.1 Å². The van der Waals surface area contributed by atoms with Gasteiger partial charge in [0.1, 0.15) is 0 Å². The number of guanidine groups is 1. The highest BCUT2D eigenvalue weighted by atomic mass is 15.3. The molecule has 86 valence electrons. The maximum Gasteiger partial charge on any atom is 0.191 e. The Morgan fingerprint density at radius 1 is 1.56 bits per heavy atom. The van der Waals surface area contributed by atoms with Crippen molar-refractivity contribution in [3.63, 3.8) is 0 Å². The highest BCUT2D eigenvalue weighted by molar-refractivity contribution is 5.78. The van der Waals surface area contributed by atoms with Crippen molar-refractivity contribution in [1.82, 2.24) is 9.88 Å². The fourth-order valence-electron chi connectivity index (χ4n) is 1.64. The van der Waals surface area contributed by atoms with Gasteiger partial charge in [-0.25, -0.2) is 4.99 Å². The van der Waals surface area contributed by atoms with Gasteiger partial charge >= 0.3 is 0 Å². The lowest BCUT2D eigenvalue weighted by Crippen LogP contribution is -2.46. The molecule has 2 heterocycles. The third-order valence-corrected chi connectivity index (χ3v) is 2.87. The van der Waals surface area contributed by atoms with Crippen LogP contribution in [0.1, 0.15) is 24.6 Å². The van der Waals surface area contributed by atoms with E-state index in [-0.39, 0.29) is 0 Å². The van der Waals surface area contributed by atoms with Crippen LogP contribution in [0.5, 0.6) is 0 Å². The lowest BCUT2D eigenvalue weighted by Gasteiger charge is -2.31. The summed E-state index contributed by atoms with van der Waals surface area (Å²) >= 11 is 0. The second-order valence-corrected chi connectivity index (χ2v) is 4.02. The summed E-state index contributed by atoms with van der Waals surface area (Å²) in [5, 5.41) is 0. The Bertz CT molecular complexity index is 382. The minimum Gasteiger partial charge on any atom is -0.370 e. The fraction of sp³-hybridized carbons (Fsp3) is 0.500. The Balaban J connectivity index is 1.97. The van der Waals surface area contributed by atoms with Crippen LogP contribution in [0.3, 0.4) is 0 Å². The normalized spacial score (nSPS) is 16.1. The molecule has 0 spiro atoms. The van der Waals surface area contributed by atoms with Gasteiger partial charge in [-0.05, 0) is 30.5 Å². The summed E-state index contributed by atoms with van der Waals surface area (Å²) in [5.41, 5.74) is 8.13. The quantitative estimate of drug-likeness (QED) is 0.612. The van der Waals surface area contributed by atoms with E-state index in [0.717, 1.165) is 25.2 Å². The molecule has 0 unspecified atom stereocenters. The van der Waals surface area contributed by atoms with Crippen LogP contribution in [0.25, 0.3) is 0 Å². The average Bonchev–Trinajstić information content (AvgIpc) is 2.24. The van der Waals surface area contributed by atoms with E-state index in [1.165, 1.54) is 12.0 Å². The van der Waals surface area contributed by atoms with Crippen LogP contribution in [-0.4, -0.2) is 28.9 Å². The predicted octanol–water partition coefficient (Wildman–Crippen LogP) is 1.16. The van der Waals surface area contributed by atoms with Crippen LogP contribution in [0.2, 0.25) is 0 Å². The lowest BCUT2D eigenvalue weighted by molar-refractivity contribution is 0.295. The van der Waals surface area contributed by atoms with Gasteiger partial charge in [-0.3, -0.25) is 4.98 Å². The second-order valence-electron chi connectivity index (χ2n) is 4.02. The molecule has 4 nitrogen and oxygen atoms in total. The summed E-state index contributed by atoms with van der Waals surface area (Å²) in [7, 11) is 0. The van der Waals surface area contributed by atoms with Crippen molar-refractivity contribution in [2.45, 2.75) is 26.3 Å². The van der Waals surface area contributed by atoms with Gasteiger partial charge in [0.15, 0.2) is 5.96 Å². The third-order valence-electron chi connectivity index (χ3n) is 2.87. The minimum absolute atomic E-state index is 0.580. The topological polar surface area (TPSA) is 54.5 Å². The lowest BCUT2D eigenvalue weighted by atomic mass is 10.2. The van der Waals surface area contributed by atoms with Crippen molar-refractivity contribution < 1.29 is 0 Å². The van der Waals surface area contributed by atoms with Gasteiger partial charge < -0.3 is 10.6 Å². The first-order valence-electron chi connectivity index (χ1n) is 5.78. The van der Waals surface area contributed by atoms with Crippen molar-refractivity contribution in [2.24, 2.45) is 10.7 Å². The first-order valence-corrected chi connectivity index (χ1v) is 5.78. The standard InChI is InChI=1S/C12H18N4/c1-2-10-4-5-14-11(8-10)9-15-12(13)16-6-3-7-16/h4-5,8H,2-3,6-7,9H2,1H3,(H2,13,15). The van der Waals surface area contributed by atoms with E-state index in [9.17, 15) is 0 Å². The third kappa shape index (κ3) is 2.51. The Morgan fingerprint density at radius 3 is 3.00 bits per heavy atom. The number of aliphatic imine (C=N–C) groups is 1. The van der Waals surface area contributed by atoms with Gasteiger partial charge in [-0.1, -0.05) is 6.92 Å². The predicted molar refractivity (Wildman–Crippen MR) is 65.1 cm³/mol. The van der Waals surface area contributed by atoms with E-state index in [4.69, 9.17) is 5.73 Å². The zero-order valence-electron chi connectivity index (χ0n) is 9.69. The Kier molecular flexibility index (Phi) is 3.39. The molecule has 0 amide bonds. The summed E-state index contributed by atoms with van der Waals surface area (Å²) in [6.07, 6.45) is 4.09. The van der Waals surface area contributed by atoms with Gasteiger partial charge in [0.25, 0.3) is 0 Å². The fourth-order valence-corrected chi connectivity index (χ4v) is 1.64. The summed E-state index contributed by atoms with van der Waals surface area (Å²) in [5.74, 6) is 0.648. The summed E-state index contributed by atoms with van der Waals surface area (Å²) < 4.78 is 0. The molecule has 16 heavy (non-hydrogen) atoms. The van der Waals surface area contributed by atoms with E-state index in [1.54, 1.807) is 0 Å². The summed E-state index contributed by atoms with van der Waals surface area (Å²) in [4.78, 5) is 10.7. The van der Waals surface area contributed by atoms with Crippen LogP contribution in [0.15, 0.2) is 23.3 Å². The van der Waals surface area contributed by atoms with Crippen molar-refractivity contribution >= 4 is 5.96 Å². The Morgan fingerprint density at radius 2 is 2.38 bits per heavy atom. The van der Waals surface area contributed by atoms with Crippen molar-refractivity contribution in [3.8, 4) is 0 Å². The van der Waals surface area contributed by atoms with Gasteiger partial charge in [0.2, 0.25) is 0 Å². The molecule has 2 rings (SSSR count). The molecule has 1 aromatic rings. The first kappa shape index (κ1) is 10.9. The summed E-state index contributed by atoms with van der Waals surface area (Å²) in [6.45, 7) is 4.79. The van der Waals surface area contributed by atoms with Gasteiger partial charge in [-0.15, -0.1) is 0 Å². The molecule has 1 aliphatic rings. The number of hydrogen-bond donors (Lipinski definition) is 1. The van der Waals surface area contributed by atoms with E-state index >= 15 is 0 Å². The molecule has 0 radical (unpaired) electrons. The number of nitrogens with zero attached hydrogens (tertiary/aromatic N) is 3. The number of hydrogen-bond acceptors (Lipinski definition) is 2. The molecule has 0 aliphatic carbocycles. The zero-order valence-corrected chi connectivity index (χ0v) is 9.69. The largest absolute Gasteiger partial charge is 0.370 e. The van der Waals surface area contributed by atoms with Crippen molar-refractivity contribution in [1.29, 1.82) is 0 Å². The van der Waals surface area contributed by atoms with Crippen LogP contribution >= 0.6 is 0 Å². The molecular formula is C12H18N4. The SMILES string of the molecule is CCc1ccnc(CN=C(N)N2CCC2)c1. The van der Waals surface area contributed by atoms with Crippen LogP contribution in [0.4, 0.5) is 0 Å². The molecule has 1 fully saturated rings. The number of aryl methyl sites for hydroxylation is 1. The average molecular weight is 218 g/mol. The molecule has 1 saturated heterocycles. The monoisotopic (exact) mass is 218 g/mol. The Hall–Kier alpha value is -1.58. The van der Waals surface area contributed by atoms with E-state index < -0.39 is 0 Å². The van der Waals surface area contributed by atoms with E-state index in [2.05, 4.69) is 27.9 Å². The minimum atomic E-state index is 0.580.